The van der Waals surface area contributed by atoms with Crippen molar-refractivity contribution >= 4 is 6.21 Å². The van der Waals surface area contributed by atoms with Gasteiger partial charge in [-0.15, -0.1) is 0 Å². The van der Waals surface area contributed by atoms with Gasteiger partial charge >= 0.3 is 0 Å². The Labute approximate surface area is 69.2 Å². The minimum absolute atomic E-state index is 0.638. The summed E-state index contributed by atoms with van der Waals surface area (Å²) < 4.78 is 0. The Morgan fingerprint density at radius 3 is 2.18 bits per heavy atom. The molecule has 0 aliphatic carbocycles. The normalized spacial score (nSPS) is 17.6. The Morgan fingerprint density at radius 1 is 1.18 bits per heavy atom. The summed E-state index contributed by atoms with van der Waals surface area (Å²) in [6.07, 6.45) is 2.04. The van der Waals surface area contributed by atoms with Crippen molar-refractivity contribution in [2.24, 2.45) is 16.8 Å². The fourth-order valence-electron chi connectivity index (χ4n) is 1.45. The van der Waals surface area contributed by atoms with E-state index in [1.165, 1.54) is 11.1 Å². The van der Waals surface area contributed by atoms with Crippen LogP contribution in [-0.2, 0) is 0 Å². The van der Waals surface area contributed by atoms with Gasteiger partial charge in [-0.2, -0.15) is 0 Å². The molecule has 0 saturated heterocycles. The predicted octanol–water partition coefficient (Wildman–Crippen LogP) is 2.68. The van der Waals surface area contributed by atoms with Crippen molar-refractivity contribution < 1.29 is 0 Å². The summed E-state index contributed by atoms with van der Waals surface area (Å²) in [6, 6.07) is 0. The zero-order valence-corrected chi connectivity index (χ0v) is 7.89. The molecule has 1 heteroatoms. The Morgan fingerprint density at radius 2 is 1.82 bits per heavy atom. The number of hydrogen-bond donors (Lipinski definition) is 0. The summed E-state index contributed by atoms with van der Waals surface area (Å²) >= 11 is 0. The predicted molar refractivity (Wildman–Crippen MR) is 50.1 cm³/mol. The summed E-state index contributed by atoms with van der Waals surface area (Å²) in [5, 5.41) is 0. The molecule has 0 unspecified atom stereocenters. The highest BCUT2D eigenvalue weighted by Gasteiger charge is 2.15. The van der Waals surface area contributed by atoms with Gasteiger partial charge in [0.05, 0.1) is 6.54 Å². The minimum atomic E-state index is 0.638. The van der Waals surface area contributed by atoms with Gasteiger partial charge in [0.15, 0.2) is 0 Å². The molecule has 1 rings (SSSR count). The molecule has 0 spiro atoms. The average molecular weight is 151 g/mol. The Hall–Kier alpha value is -0.590. The van der Waals surface area contributed by atoms with E-state index in [2.05, 4.69) is 32.7 Å². The highest BCUT2D eigenvalue weighted by Crippen LogP contribution is 2.23. The van der Waals surface area contributed by atoms with Gasteiger partial charge in [-0.05, 0) is 23.0 Å². The van der Waals surface area contributed by atoms with Crippen LogP contribution >= 0.6 is 0 Å². The van der Waals surface area contributed by atoms with Crippen LogP contribution in [0.15, 0.2) is 16.1 Å². The molecule has 0 aromatic heterocycles. The van der Waals surface area contributed by atoms with Gasteiger partial charge in [-0.3, -0.25) is 4.99 Å². The highest BCUT2D eigenvalue weighted by atomic mass is 14.7. The largest absolute Gasteiger partial charge is 0.288 e. The first-order chi connectivity index (χ1) is 5.13. The molecule has 0 aromatic carbocycles. The van der Waals surface area contributed by atoms with E-state index in [0.717, 1.165) is 6.54 Å². The van der Waals surface area contributed by atoms with Crippen molar-refractivity contribution in [3.8, 4) is 0 Å². The SMILES string of the molecule is CC(C)C1=C(C(C)C)CN=C1. The highest BCUT2D eigenvalue weighted by molar-refractivity contribution is 5.83. The van der Waals surface area contributed by atoms with Gasteiger partial charge in [0, 0.05) is 6.21 Å². The van der Waals surface area contributed by atoms with Gasteiger partial charge in [0.25, 0.3) is 0 Å². The lowest BCUT2D eigenvalue weighted by molar-refractivity contribution is 0.712. The van der Waals surface area contributed by atoms with E-state index in [1.807, 2.05) is 6.21 Å². The van der Waals surface area contributed by atoms with E-state index in [9.17, 15) is 0 Å². The van der Waals surface area contributed by atoms with Crippen molar-refractivity contribution in [3.63, 3.8) is 0 Å². The molecular formula is C10H17N. The number of aliphatic imine (C=N–C) groups is 1. The molecular weight excluding hydrogens is 134 g/mol. The van der Waals surface area contributed by atoms with Crippen molar-refractivity contribution in [2.75, 3.05) is 6.54 Å². The second-order valence-corrected chi connectivity index (χ2v) is 3.76. The van der Waals surface area contributed by atoms with Gasteiger partial charge in [0.1, 0.15) is 0 Å². The summed E-state index contributed by atoms with van der Waals surface area (Å²) in [5.74, 6) is 1.30. The molecule has 0 amide bonds. The third-order valence-electron chi connectivity index (χ3n) is 2.18. The zero-order chi connectivity index (χ0) is 8.43. The summed E-state index contributed by atoms with van der Waals surface area (Å²) in [6.45, 7) is 9.88. The Kier molecular flexibility index (Phi) is 2.48. The van der Waals surface area contributed by atoms with Crippen molar-refractivity contribution in [2.45, 2.75) is 27.7 Å². The molecule has 11 heavy (non-hydrogen) atoms. The molecule has 0 saturated carbocycles. The molecule has 0 fully saturated rings. The van der Waals surface area contributed by atoms with Crippen LogP contribution in [0.1, 0.15) is 27.7 Å². The number of allylic oxidation sites excluding steroid dienone is 1. The quantitative estimate of drug-likeness (QED) is 0.575. The summed E-state index contributed by atoms with van der Waals surface area (Å²) in [5.41, 5.74) is 2.99. The van der Waals surface area contributed by atoms with Crippen molar-refractivity contribution in [1.29, 1.82) is 0 Å². The molecule has 0 aromatic rings. The van der Waals surface area contributed by atoms with Gasteiger partial charge in [-0.25, -0.2) is 0 Å². The standard InChI is InChI=1S/C10H17N/c1-7(2)9-5-11-6-10(9)8(3)4/h5,7-8H,6H2,1-4H3. The van der Waals surface area contributed by atoms with Crippen LogP contribution in [0, 0.1) is 11.8 Å². The smallest absolute Gasteiger partial charge is 0.0608 e. The van der Waals surface area contributed by atoms with E-state index in [0.29, 0.717) is 11.8 Å². The molecule has 0 atom stereocenters. The van der Waals surface area contributed by atoms with E-state index < -0.39 is 0 Å². The van der Waals surface area contributed by atoms with E-state index in [4.69, 9.17) is 0 Å². The fourth-order valence-corrected chi connectivity index (χ4v) is 1.45. The zero-order valence-electron chi connectivity index (χ0n) is 7.89. The molecule has 0 N–H and O–H groups in total. The molecule has 62 valence electrons. The van der Waals surface area contributed by atoms with Crippen LogP contribution < -0.4 is 0 Å². The van der Waals surface area contributed by atoms with E-state index in [1.54, 1.807) is 0 Å². The maximum Gasteiger partial charge on any atom is 0.0608 e. The molecule has 1 heterocycles. The Bertz CT molecular complexity index is 197. The number of nitrogens with zero attached hydrogens (tertiary/aromatic N) is 1. The van der Waals surface area contributed by atoms with Crippen LogP contribution in [0.2, 0.25) is 0 Å². The second-order valence-electron chi connectivity index (χ2n) is 3.76. The maximum atomic E-state index is 4.29. The van der Waals surface area contributed by atoms with Crippen LogP contribution in [0.25, 0.3) is 0 Å². The van der Waals surface area contributed by atoms with Crippen molar-refractivity contribution in [3.05, 3.63) is 11.1 Å². The van der Waals surface area contributed by atoms with Crippen LogP contribution in [0.3, 0.4) is 0 Å². The molecule has 0 bridgehead atoms. The minimum Gasteiger partial charge on any atom is -0.288 e. The number of rotatable bonds is 2. The second kappa shape index (κ2) is 3.21. The van der Waals surface area contributed by atoms with E-state index >= 15 is 0 Å². The number of hydrogen-bond acceptors (Lipinski definition) is 1. The molecule has 0 radical (unpaired) electrons. The Balaban J connectivity index is 2.84. The average Bonchev–Trinajstić information content (AvgIpc) is 2.32. The molecule has 1 nitrogen and oxygen atoms in total. The summed E-state index contributed by atoms with van der Waals surface area (Å²) in [7, 11) is 0. The lowest BCUT2D eigenvalue weighted by Crippen LogP contribution is -2.03. The first-order valence-electron chi connectivity index (χ1n) is 4.35. The monoisotopic (exact) mass is 151 g/mol. The van der Waals surface area contributed by atoms with Crippen LogP contribution in [0.4, 0.5) is 0 Å². The fraction of sp³-hybridized carbons (Fsp3) is 0.700. The first kappa shape index (κ1) is 8.51. The van der Waals surface area contributed by atoms with Crippen LogP contribution in [0.5, 0.6) is 0 Å². The van der Waals surface area contributed by atoms with Gasteiger partial charge < -0.3 is 0 Å². The van der Waals surface area contributed by atoms with E-state index in [-0.39, 0.29) is 0 Å². The summed E-state index contributed by atoms with van der Waals surface area (Å²) in [4.78, 5) is 4.29. The van der Waals surface area contributed by atoms with Crippen molar-refractivity contribution in [1.82, 2.24) is 0 Å². The maximum absolute atomic E-state index is 4.29. The lowest BCUT2D eigenvalue weighted by Gasteiger charge is -2.11. The topological polar surface area (TPSA) is 12.4 Å². The van der Waals surface area contributed by atoms with Gasteiger partial charge in [0.2, 0.25) is 0 Å². The third-order valence-corrected chi connectivity index (χ3v) is 2.18. The molecule has 1 aliphatic heterocycles. The molecule has 1 aliphatic rings. The first-order valence-corrected chi connectivity index (χ1v) is 4.35. The van der Waals surface area contributed by atoms with Crippen LogP contribution in [-0.4, -0.2) is 12.8 Å². The third kappa shape index (κ3) is 1.70. The lowest BCUT2D eigenvalue weighted by atomic mass is 9.93. The van der Waals surface area contributed by atoms with Gasteiger partial charge in [-0.1, -0.05) is 27.7 Å².